The van der Waals surface area contributed by atoms with Gasteiger partial charge in [0.05, 0.1) is 25.4 Å². The van der Waals surface area contributed by atoms with Gasteiger partial charge in [0.1, 0.15) is 15.0 Å². The minimum Gasteiger partial charge on any atom is -0.497 e. The summed E-state index contributed by atoms with van der Waals surface area (Å²) in [7, 11) is 1.66. The topological polar surface area (TPSA) is 52.8 Å². The molecule has 0 amide bonds. The lowest BCUT2D eigenvalue weighted by Gasteiger charge is -2.05. The fourth-order valence-electron chi connectivity index (χ4n) is 2.68. The molecule has 3 aromatic heterocycles. The number of fused-ring (bicyclic) bond motifs is 3. The van der Waals surface area contributed by atoms with Gasteiger partial charge in [-0.05, 0) is 46.4 Å². The van der Waals surface area contributed by atoms with Gasteiger partial charge in [0, 0.05) is 17.0 Å². The third-order valence-corrected chi connectivity index (χ3v) is 5.22. The molecule has 5 nitrogen and oxygen atoms in total. The monoisotopic (exact) mass is 450 g/mol. The van der Waals surface area contributed by atoms with Crippen molar-refractivity contribution in [1.29, 1.82) is 0 Å². The molecule has 0 spiro atoms. The summed E-state index contributed by atoms with van der Waals surface area (Å²) in [5, 5.41) is 7.09. The van der Waals surface area contributed by atoms with Crippen LogP contribution in [0.25, 0.3) is 21.8 Å². The zero-order chi connectivity index (χ0) is 16.7. The molecule has 0 unspecified atom stereocenters. The Labute approximate surface area is 156 Å². The van der Waals surface area contributed by atoms with Gasteiger partial charge in [-0.3, -0.25) is 9.67 Å². The number of ether oxygens (including phenoxy) is 1. The van der Waals surface area contributed by atoms with Crippen LogP contribution in [-0.2, 0) is 6.54 Å². The molecule has 3 heterocycles. The van der Waals surface area contributed by atoms with Crippen molar-refractivity contribution in [1.82, 2.24) is 19.7 Å². The zero-order valence-electron chi connectivity index (χ0n) is 12.7. The summed E-state index contributed by atoms with van der Waals surface area (Å²) in [6.45, 7) is 0.653. The molecule has 0 aliphatic rings. The highest BCUT2D eigenvalue weighted by molar-refractivity contribution is 14.1. The van der Waals surface area contributed by atoms with Crippen molar-refractivity contribution in [2.75, 3.05) is 7.11 Å². The van der Waals surface area contributed by atoms with Crippen molar-refractivity contribution in [2.45, 2.75) is 6.54 Å². The summed E-state index contributed by atoms with van der Waals surface area (Å²) in [6, 6.07) is 9.90. The van der Waals surface area contributed by atoms with E-state index >= 15 is 0 Å². The van der Waals surface area contributed by atoms with Gasteiger partial charge in [0.15, 0.2) is 5.15 Å². The van der Waals surface area contributed by atoms with Crippen LogP contribution in [0, 0.1) is 3.70 Å². The van der Waals surface area contributed by atoms with Gasteiger partial charge >= 0.3 is 0 Å². The largest absolute Gasteiger partial charge is 0.497 e. The molecule has 4 rings (SSSR count). The molecule has 7 heteroatoms. The lowest BCUT2D eigenvalue weighted by atomic mass is 10.2. The Hall–Kier alpha value is -1.93. The Kier molecular flexibility index (Phi) is 4.01. The fourth-order valence-corrected chi connectivity index (χ4v) is 3.73. The number of methoxy groups -OCH3 is 1. The van der Waals surface area contributed by atoms with Gasteiger partial charge < -0.3 is 4.74 Å². The third kappa shape index (κ3) is 2.59. The SMILES string of the molecule is COc1ccc(Cn2nc3c(Cl)nc4cnccc4c3c2I)cc1. The van der Waals surface area contributed by atoms with E-state index in [0.29, 0.717) is 17.2 Å². The van der Waals surface area contributed by atoms with Crippen LogP contribution in [0.3, 0.4) is 0 Å². The predicted molar refractivity (Wildman–Crippen MR) is 103 cm³/mol. The summed E-state index contributed by atoms with van der Waals surface area (Å²) < 4.78 is 8.17. The van der Waals surface area contributed by atoms with E-state index in [9.17, 15) is 0 Å². The van der Waals surface area contributed by atoms with Crippen molar-refractivity contribution < 1.29 is 4.74 Å². The Balaban J connectivity index is 1.85. The van der Waals surface area contributed by atoms with E-state index in [-0.39, 0.29) is 0 Å². The normalized spacial score (nSPS) is 11.3. The second-order valence-corrected chi connectivity index (χ2v) is 6.70. The van der Waals surface area contributed by atoms with Crippen LogP contribution >= 0.6 is 34.2 Å². The minimum absolute atomic E-state index is 0.400. The molecule has 0 aliphatic carbocycles. The summed E-state index contributed by atoms with van der Waals surface area (Å²) in [4.78, 5) is 8.51. The third-order valence-electron chi connectivity index (χ3n) is 3.87. The summed E-state index contributed by atoms with van der Waals surface area (Å²) >= 11 is 8.64. The quantitative estimate of drug-likeness (QED) is 0.345. The maximum atomic E-state index is 6.33. The van der Waals surface area contributed by atoms with Crippen molar-refractivity contribution in [2.24, 2.45) is 0 Å². The maximum absolute atomic E-state index is 6.33. The van der Waals surface area contributed by atoms with E-state index in [4.69, 9.17) is 16.3 Å². The lowest BCUT2D eigenvalue weighted by molar-refractivity contribution is 0.414. The average molecular weight is 451 g/mol. The van der Waals surface area contributed by atoms with Gasteiger partial charge in [-0.25, -0.2) is 4.98 Å². The first-order chi connectivity index (χ1) is 11.7. The Morgan fingerprint density at radius 1 is 1.21 bits per heavy atom. The standard InChI is InChI=1S/C17H12ClIN4O/c1-24-11-4-2-10(3-5-11)9-23-17(19)14-12-6-7-20-8-13(12)21-16(18)15(14)22-23/h2-8H,9H2,1H3. The molecule has 0 atom stereocenters. The zero-order valence-corrected chi connectivity index (χ0v) is 15.6. The second-order valence-electron chi connectivity index (χ2n) is 5.32. The highest BCUT2D eigenvalue weighted by atomic mass is 127. The van der Waals surface area contributed by atoms with Gasteiger partial charge in [-0.15, -0.1) is 0 Å². The van der Waals surface area contributed by atoms with Crippen LogP contribution in [0.4, 0.5) is 0 Å². The molecule has 0 N–H and O–H groups in total. The number of hydrogen-bond donors (Lipinski definition) is 0. The fraction of sp³-hybridized carbons (Fsp3) is 0.118. The first kappa shape index (κ1) is 15.6. The van der Waals surface area contributed by atoms with Crippen LogP contribution < -0.4 is 4.74 Å². The second kappa shape index (κ2) is 6.18. The molecular weight excluding hydrogens is 439 g/mol. The predicted octanol–water partition coefficient (Wildman–Crippen LogP) is 4.29. The van der Waals surface area contributed by atoms with Crippen LogP contribution in [0.1, 0.15) is 5.56 Å². The van der Waals surface area contributed by atoms with Crippen LogP contribution in [0.15, 0.2) is 42.7 Å². The van der Waals surface area contributed by atoms with Crippen molar-refractivity contribution in [3.8, 4) is 5.75 Å². The molecule has 0 bridgehead atoms. The summed E-state index contributed by atoms with van der Waals surface area (Å²) in [5.74, 6) is 0.838. The number of nitrogens with zero attached hydrogens (tertiary/aromatic N) is 4. The number of rotatable bonds is 3. The number of hydrogen-bond acceptors (Lipinski definition) is 4. The molecule has 0 fully saturated rings. The molecule has 0 aliphatic heterocycles. The van der Waals surface area contributed by atoms with Crippen molar-refractivity contribution in [3.05, 3.63) is 57.1 Å². The van der Waals surface area contributed by atoms with Crippen molar-refractivity contribution >= 4 is 56.0 Å². The molecule has 4 aromatic rings. The highest BCUT2D eigenvalue weighted by Gasteiger charge is 2.16. The Bertz CT molecular complexity index is 1050. The smallest absolute Gasteiger partial charge is 0.157 e. The van der Waals surface area contributed by atoms with E-state index in [2.05, 4.69) is 37.7 Å². The van der Waals surface area contributed by atoms with Gasteiger partial charge in [0.25, 0.3) is 0 Å². The molecule has 0 saturated heterocycles. The lowest BCUT2D eigenvalue weighted by Crippen LogP contribution is -2.03. The van der Waals surface area contributed by atoms with E-state index in [1.165, 1.54) is 0 Å². The van der Waals surface area contributed by atoms with E-state index in [1.54, 1.807) is 19.5 Å². The van der Waals surface area contributed by atoms with E-state index < -0.39 is 0 Å². The molecular formula is C17H12ClIN4O. The van der Waals surface area contributed by atoms with Crippen LogP contribution in [-0.4, -0.2) is 26.9 Å². The van der Waals surface area contributed by atoms with Gasteiger partial charge in [-0.2, -0.15) is 5.10 Å². The number of aromatic nitrogens is 4. The van der Waals surface area contributed by atoms with Crippen LogP contribution in [0.5, 0.6) is 5.75 Å². The molecule has 120 valence electrons. The maximum Gasteiger partial charge on any atom is 0.157 e. The molecule has 24 heavy (non-hydrogen) atoms. The first-order valence-corrected chi connectivity index (χ1v) is 8.71. The molecule has 0 radical (unpaired) electrons. The summed E-state index contributed by atoms with van der Waals surface area (Å²) in [6.07, 6.45) is 3.48. The first-order valence-electron chi connectivity index (χ1n) is 7.25. The summed E-state index contributed by atoms with van der Waals surface area (Å²) in [5.41, 5.74) is 2.63. The van der Waals surface area contributed by atoms with E-state index in [0.717, 1.165) is 31.3 Å². The highest BCUT2D eigenvalue weighted by Crippen LogP contribution is 2.32. The number of pyridine rings is 2. The van der Waals surface area contributed by atoms with Gasteiger partial charge in [0.2, 0.25) is 0 Å². The average Bonchev–Trinajstić information content (AvgIpc) is 2.93. The molecule has 1 aromatic carbocycles. The van der Waals surface area contributed by atoms with E-state index in [1.807, 2.05) is 35.0 Å². The van der Waals surface area contributed by atoms with Crippen molar-refractivity contribution in [3.63, 3.8) is 0 Å². The Morgan fingerprint density at radius 2 is 2.00 bits per heavy atom. The van der Waals surface area contributed by atoms with Gasteiger partial charge in [-0.1, -0.05) is 23.7 Å². The molecule has 0 saturated carbocycles. The number of halogens is 2. The minimum atomic E-state index is 0.400. The number of benzene rings is 1. The Morgan fingerprint density at radius 3 is 2.75 bits per heavy atom. The van der Waals surface area contributed by atoms with Crippen LogP contribution in [0.2, 0.25) is 5.15 Å².